The molecule has 1 atom stereocenters. The Morgan fingerprint density at radius 3 is 2.62 bits per heavy atom. The summed E-state index contributed by atoms with van der Waals surface area (Å²) in [5, 5.41) is 0. The fourth-order valence-electron chi connectivity index (χ4n) is 3.85. The lowest BCUT2D eigenvalue weighted by Crippen LogP contribution is -2.39. The number of alkyl halides is 1. The molecule has 3 rings (SSSR count). The maximum atomic E-state index is 13.0. The first kappa shape index (κ1) is 15.8. The van der Waals surface area contributed by atoms with Crippen molar-refractivity contribution in [2.75, 3.05) is 6.54 Å². The first-order chi connectivity index (χ1) is 10.0. The molecule has 21 heavy (non-hydrogen) atoms. The molecule has 1 unspecified atom stereocenters. The second kappa shape index (κ2) is 6.19. The molecule has 1 aliphatic carbocycles. The second-order valence-corrected chi connectivity index (χ2v) is 9.60. The number of nitrogens with zero attached hydrogens (tertiary/aromatic N) is 1. The number of hydrogen-bond acceptors (Lipinski definition) is 3. The predicted molar refractivity (Wildman–Crippen MR) is 87.5 cm³/mol. The number of halogens is 1. The van der Waals surface area contributed by atoms with Crippen LogP contribution < -0.4 is 0 Å². The number of rotatable bonds is 4. The number of sulfonamides is 1. The zero-order valence-corrected chi connectivity index (χ0v) is 14.7. The van der Waals surface area contributed by atoms with Gasteiger partial charge >= 0.3 is 0 Å². The highest BCUT2D eigenvalue weighted by Gasteiger charge is 2.41. The molecular formula is C15H22ClNO2S2. The summed E-state index contributed by atoms with van der Waals surface area (Å²) in [7, 11) is -3.36. The second-order valence-electron chi connectivity index (χ2n) is 6.14. The number of thiophene rings is 1. The summed E-state index contributed by atoms with van der Waals surface area (Å²) in [6, 6.07) is 1.99. The quantitative estimate of drug-likeness (QED) is 0.767. The van der Waals surface area contributed by atoms with Crippen molar-refractivity contribution < 1.29 is 8.42 Å². The lowest BCUT2D eigenvalue weighted by Gasteiger charge is -2.28. The van der Waals surface area contributed by atoms with Gasteiger partial charge in [0.05, 0.1) is 10.8 Å². The lowest BCUT2D eigenvalue weighted by atomic mass is 9.97. The molecule has 0 bridgehead atoms. The summed E-state index contributed by atoms with van der Waals surface area (Å²) >= 11 is 7.35. The van der Waals surface area contributed by atoms with Gasteiger partial charge in [0.15, 0.2) is 0 Å². The molecule has 2 fully saturated rings. The summed E-state index contributed by atoms with van der Waals surface area (Å²) in [5.41, 5.74) is 0. The Labute approximate surface area is 136 Å². The molecule has 0 radical (unpaired) electrons. The summed E-state index contributed by atoms with van der Waals surface area (Å²) in [4.78, 5) is 2.28. The Hall–Kier alpha value is -0.100. The van der Waals surface area contributed by atoms with Crippen LogP contribution in [-0.2, 0) is 15.9 Å². The topological polar surface area (TPSA) is 37.4 Å². The van der Waals surface area contributed by atoms with E-state index in [2.05, 4.69) is 0 Å². The van der Waals surface area contributed by atoms with E-state index in [0.29, 0.717) is 23.2 Å². The molecule has 6 heteroatoms. The van der Waals surface area contributed by atoms with Crippen molar-refractivity contribution in [2.45, 2.75) is 62.3 Å². The third-order valence-corrected chi connectivity index (χ3v) is 8.51. The van der Waals surface area contributed by atoms with Crippen molar-refractivity contribution in [2.24, 2.45) is 5.92 Å². The van der Waals surface area contributed by atoms with E-state index >= 15 is 0 Å². The number of hydrogen-bond donors (Lipinski definition) is 0. The van der Waals surface area contributed by atoms with Crippen molar-refractivity contribution in [3.63, 3.8) is 0 Å². The van der Waals surface area contributed by atoms with Gasteiger partial charge in [-0.2, -0.15) is 4.31 Å². The third-order valence-electron chi connectivity index (χ3n) is 4.83. The van der Waals surface area contributed by atoms with Gasteiger partial charge in [-0.05, 0) is 44.6 Å². The van der Waals surface area contributed by atoms with Gasteiger partial charge in [-0.25, -0.2) is 8.42 Å². The zero-order chi connectivity index (χ0) is 15.0. The molecule has 118 valence electrons. The van der Waals surface area contributed by atoms with Crippen LogP contribution in [0.1, 0.15) is 48.3 Å². The monoisotopic (exact) mass is 347 g/mol. The average Bonchev–Trinajstić information content (AvgIpc) is 3.18. The van der Waals surface area contributed by atoms with Crippen LogP contribution in [-0.4, -0.2) is 25.3 Å². The molecule has 1 aromatic rings. The largest absolute Gasteiger partial charge is 0.244 e. The maximum Gasteiger partial charge on any atom is 0.244 e. The van der Waals surface area contributed by atoms with Crippen LogP contribution in [0, 0.1) is 12.8 Å². The highest BCUT2D eigenvalue weighted by molar-refractivity contribution is 7.89. The van der Waals surface area contributed by atoms with E-state index in [1.807, 2.05) is 6.92 Å². The highest BCUT2D eigenvalue weighted by atomic mass is 35.5. The molecule has 0 spiro atoms. The zero-order valence-electron chi connectivity index (χ0n) is 12.3. The lowest BCUT2D eigenvalue weighted by molar-refractivity contribution is 0.288. The van der Waals surface area contributed by atoms with E-state index in [0.717, 1.165) is 22.6 Å². The molecule has 1 saturated carbocycles. The standard InChI is InChI=1S/C15H22ClNO2S2/c1-11-15(9-13(10-16)20-11)21(18,19)17-8-4-7-14(17)12-5-2-3-6-12/h9,12,14H,2-8,10H2,1H3. The van der Waals surface area contributed by atoms with Crippen LogP contribution in [0.15, 0.2) is 11.0 Å². The maximum absolute atomic E-state index is 13.0. The van der Waals surface area contributed by atoms with E-state index in [-0.39, 0.29) is 6.04 Å². The van der Waals surface area contributed by atoms with Crippen molar-refractivity contribution in [1.82, 2.24) is 4.31 Å². The molecule has 1 saturated heterocycles. The first-order valence-corrected chi connectivity index (χ1v) is 10.5. The smallest absolute Gasteiger partial charge is 0.207 e. The van der Waals surface area contributed by atoms with Crippen molar-refractivity contribution in [1.29, 1.82) is 0 Å². The van der Waals surface area contributed by atoms with Gasteiger partial charge in [-0.3, -0.25) is 0 Å². The highest BCUT2D eigenvalue weighted by Crippen LogP contribution is 2.39. The van der Waals surface area contributed by atoms with Gasteiger partial charge in [0.2, 0.25) is 10.0 Å². The van der Waals surface area contributed by atoms with E-state index in [9.17, 15) is 8.42 Å². The Balaban J connectivity index is 1.90. The summed E-state index contributed by atoms with van der Waals surface area (Å²) in [6.07, 6.45) is 6.89. The number of aryl methyl sites for hydroxylation is 1. The van der Waals surface area contributed by atoms with Crippen LogP contribution in [0.25, 0.3) is 0 Å². The van der Waals surface area contributed by atoms with E-state index in [4.69, 9.17) is 11.6 Å². The molecular weight excluding hydrogens is 326 g/mol. The van der Waals surface area contributed by atoms with E-state index < -0.39 is 10.0 Å². The molecule has 0 N–H and O–H groups in total. The van der Waals surface area contributed by atoms with Crippen molar-refractivity contribution in [3.8, 4) is 0 Å². The summed E-state index contributed by atoms with van der Waals surface area (Å²) < 4.78 is 27.9. The SMILES string of the molecule is Cc1sc(CCl)cc1S(=O)(=O)N1CCCC1C1CCCC1. The molecule has 1 aromatic heterocycles. The molecule has 2 aliphatic rings. The summed E-state index contributed by atoms with van der Waals surface area (Å²) in [5.74, 6) is 0.946. The minimum absolute atomic E-state index is 0.219. The minimum atomic E-state index is -3.36. The van der Waals surface area contributed by atoms with Crippen molar-refractivity contribution >= 4 is 33.0 Å². The van der Waals surface area contributed by atoms with Crippen LogP contribution in [0.4, 0.5) is 0 Å². The van der Waals surface area contributed by atoms with E-state index in [1.54, 1.807) is 10.4 Å². The Bertz CT molecular complexity index is 605. The van der Waals surface area contributed by atoms with Gasteiger partial charge in [0, 0.05) is 22.3 Å². The van der Waals surface area contributed by atoms with Crippen LogP contribution in [0.2, 0.25) is 0 Å². The first-order valence-electron chi connectivity index (χ1n) is 7.71. The predicted octanol–water partition coefficient (Wildman–Crippen LogP) is 4.14. The Morgan fingerprint density at radius 2 is 2.00 bits per heavy atom. The molecule has 2 heterocycles. The molecule has 1 aliphatic heterocycles. The summed E-state index contributed by atoms with van der Waals surface area (Å²) in [6.45, 7) is 2.56. The molecule has 0 amide bonds. The van der Waals surface area contributed by atoms with Crippen LogP contribution in [0.3, 0.4) is 0 Å². The van der Waals surface area contributed by atoms with Crippen LogP contribution in [0.5, 0.6) is 0 Å². The third kappa shape index (κ3) is 2.90. The average molecular weight is 348 g/mol. The Morgan fingerprint density at radius 1 is 1.29 bits per heavy atom. The normalized spacial score (nSPS) is 25.0. The van der Waals surface area contributed by atoms with Gasteiger partial charge in [0.1, 0.15) is 0 Å². The van der Waals surface area contributed by atoms with Crippen molar-refractivity contribution in [3.05, 3.63) is 15.8 Å². The van der Waals surface area contributed by atoms with Gasteiger partial charge < -0.3 is 0 Å². The van der Waals surface area contributed by atoms with Gasteiger partial charge in [-0.1, -0.05) is 12.8 Å². The molecule has 0 aromatic carbocycles. The fraction of sp³-hybridized carbons (Fsp3) is 0.733. The fourth-order valence-corrected chi connectivity index (χ4v) is 7.30. The van der Waals surface area contributed by atoms with Crippen LogP contribution >= 0.6 is 22.9 Å². The van der Waals surface area contributed by atoms with Gasteiger partial charge in [-0.15, -0.1) is 22.9 Å². The van der Waals surface area contributed by atoms with E-state index in [1.165, 1.54) is 37.0 Å². The minimum Gasteiger partial charge on any atom is -0.207 e. The Kier molecular flexibility index (Phi) is 4.65. The van der Waals surface area contributed by atoms with Gasteiger partial charge in [0.25, 0.3) is 0 Å². The molecule has 3 nitrogen and oxygen atoms in total.